The summed E-state index contributed by atoms with van der Waals surface area (Å²) in [5.74, 6) is 1.81. The van der Waals surface area contributed by atoms with Crippen LogP contribution in [0.1, 0.15) is 42.2 Å². The molecule has 1 N–H and O–H groups in total. The van der Waals surface area contributed by atoms with E-state index in [1.807, 2.05) is 30.3 Å². The highest BCUT2D eigenvalue weighted by Gasteiger charge is 2.42. The SMILES string of the molecule is C[C@@]1(c2ccccc2)NC(COC2CCOc3ccccc32)=N[C@@H]1c1ccccc1. The molecule has 3 aromatic rings. The van der Waals surface area contributed by atoms with E-state index < -0.39 is 0 Å². The monoisotopic (exact) mass is 398 g/mol. The van der Waals surface area contributed by atoms with Crippen molar-refractivity contribution in [1.29, 1.82) is 0 Å². The molecule has 2 aliphatic rings. The third-order valence-electron chi connectivity index (χ3n) is 6.05. The van der Waals surface area contributed by atoms with Gasteiger partial charge in [-0.1, -0.05) is 78.9 Å². The van der Waals surface area contributed by atoms with Gasteiger partial charge in [0, 0.05) is 12.0 Å². The van der Waals surface area contributed by atoms with E-state index in [4.69, 9.17) is 14.5 Å². The zero-order valence-electron chi connectivity index (χ0n) is 17.1. The smallest absolute Gasteiger partial charge is 0.125 e. The molecule has 2 aliphatic heterocycles. The van der Waals surface area contributed by atoms with E-state index in [0.717, 1.165) is 23.6 Å². The zero-order chi connectivity index (χ0) is 20.4. The van der Waals surface area contributed by atoms with Crippen molar-refractivity contribution in [3.05, 3.63) is 102 Å². The summed E-state index contributed by atoms with van der Waals surface area (Å²) < 4.78 is 12.1. The lowest BCUT2D eigenvalue weighted by Crippen LogP contribution is -2.42. The molecule has 0 saturated carbocycles. The number of para-hydroxylation sites is 1. The van der Waals surface area contributed by atoms with E-state index in [-0.39, 0.29) is 17.7 Å². The van der Waals surface area contributed by atoms with Crippen molar-refractivity contribution in [3.63, 3.8) is 0 Å². The number of amidine groups is 1. The number of ether oxygens (including phenoxy) is 2. The van der Waals surface area contributed by atoms with Gasteiger partial charge in [0.05, 0.1) is 18.2 Å². The van der Waals surface area contributed by atoms with Crippen molar-refractivity contribution in [1.82, 2.24) is 5.32 Å². The quantitative estimate of drug-likeness (QED) is 0.644. The third-order valence-corrected chi connectivity index (χ3v) is 6.05. The standard InChI is InChI=1S/C26H26N2O2/c1-26(20-12-6-3-7-13-20)25(19-10-4-2-5-11-19)27-24(28-26)18-30-23-16-17-29-22-15-9-8-14-21(22)23/h2-15,23,25H,16-18H2,1H3,(H,27,28)/t23?,25-,26+/m1/s1. The van der Waals surface area contributed by atoms with Gasteiger partial charge in [0.1, 0.15) is 24.2 Å². The van der Waals surface area contributed by atoms with Gasteiger partial charge in [-0.2, -0.15) is 0 Å². The van der Waals surface area contributed by atoms with Gasteiger partial charge in [0.2, 0.25) is 0 Å². The number of hydrogen-bond donors (Lipinski definition) is 1. The van der Waals surface area contributed by atoms with Crippen LogP contribution in [0.15, 0.2) is 89.9 Å². The molecule has 0 aliphatic carbocycles. The lowest BCUT2D eigenvalue weighted by molar-refractivity contribution is 0.0459. The van der Waals surface area contributed by atoms with Crippen LogP contribution >= 0.6 is 0 Å². The fourth-order valence-corrected chi connectivity index (χ4v) is 4.48. The van der Waals surface area contributed by atoms with Crippen LogP contribution < -0.4 is 10.1 Å². The number of nitrogens with one attached hydrogen (secondary N) is 1. The summed E-state index contributed by atoms with van der Waals surface area (Å²) >= 11 is 0. The molecule has 5 rings (SSSR count). The van der Waals surface area contributed by atoms with E-state index >= 15 is 0 Å². The van der Waals surface area contributed by atoms with E-state index in [9.17, 15) is 0 Å². The number of nitrogens with zero attached hydrogens (tertiary/aromatic N) is 1. The first-order valence-electron chi connectivity index (χ1n) is 10.5. The Bertz CT molecular complexity index is 1040. The van der Waals surface area contributed by atoms with Crippen LogP contribution in [0.3, 0.4) is 0 Å². The summed E-state index contributed by atoms with van der Waals surface area (Å²) in [6.07, 6.45) is 0.876. The molecule has 2 heterocycles. The maximum absolute atomic E-state index is 6.33. The normalized spacial score (nSPS) is 25.0. The zero-order valence-corrected chi connectivity index (χ0v) is 17.1. The Hall–Kier alpha value is -3.11. The number of hydrogen-bond acceptors (Lipinski definition) is 4. The topological polar surface area (TPSA) is 42.8 Å². The Balaban J connectivity index is 1.40. The molecule has 152 valence electrons. The van der Waals surface area contributed by atoms with E-state index in [1.165, 1.54) is 11.1 Å². The Labute approximate surface area is 177 Å². The van der Waals surface area contributed by atoms with Crippen LogP contribution in [0, 0.1) is 0 Å². The number of rotatable bonds is 5. The molecule has 0 fully saturated rings. The molecule has 3 atom stereocenters. The minimum absolute atomic E-state index is 0.0123. The summed E-state index contributed by atoms with van der Waals surface area (Å²) in [7, 11) is 0. The van der Waals surface area contributed by atoms with Crippen LogP contribution in [0.5, 0.6) is 5.75 Å². The second-order valence-electron chi connectivity index (χ2n) is 8.06. The third kappa shape index (κ3) is 3.48. The fraction of sp³-hybridized carbons (Fsp3) is 0.269. The van der Waals surface area contributed by atoms with Gasteiger partial charge in [-0.3, -0.25) is 4.99 Å². The molecule has 4 heteroatoms. The first-order chi connectivity index (χ1) is 14.7. The number of benzene rings is 3. The second kappa shape index (κ2) is 7.96. The van der Waals surface area contributed by atoms with E-state index in [1.54, 1.807) is 0 Å². The molecule has 0 spiro atoms. The summed E-state index contributed by atoms with van der Waals surface area (Å²) in [4.78, 5) is 5.08. The van der Waals surface area contributed by atoms with E-state index in [2.05, 4.69) is 66.8 Å². The maximum Gasteiger partial charge on any atom is 0.125 e. The van der Waals surface area contributed by atoms with Gasteiger partial charge in [-0.25, -0.2) is 0 Å². The first-order valence-corrected chi connectivity index (χ1v) is 10.5. The van der Waals surface area contributed by atoms with Crippen molar-refractivity contribution < 1.29 is 9.47 Å². The average molecular weight is 399 g/mol. The lowest BCUT2D eigenvalue weighted by atomic mass is 9.82. The van der Waals surface area contributed by atoms with Crippen LogP contribution in [0.4, 0.5) is 0 Å². The van der Waals surface area contributed by atoms with Gasteiger partial charge in [-0.05, 0) is 24.1 Å². The lowest BCUT2D eigenvalue weighted by Gasteiger charge is -2.32. The number of fused-ring (bicyclic) bond motifs is 1. The van der Waals surface area contributed by atoms with Crippen molar-refractivity contribution in [2.24, 2.45) is 4.99 Å². The Morgan fingerprint density at radius 1 is 0.967 bits per heavy atom. The van der Waals surface area contributed by atoms with Crippen molar-refractivity contribution >= 4 is 5.84 Å². The van der Waals surface area contributed by atoms with Crippen molar-refractivity contribution in [3.8, 4) is 5.75 Å². The first kappa shape index (κ1) is 18.9. The molecule has 1 unspecified atom stereocenters. The molecule has 0 saturated heterocycles. The Kier molecular flexibility index (Phi) is 5.01. The van der Waals surface area contributed by atoms with Crippen LogP contribution in [0.25, 0.3) is 0 Å². The highest BCUT2D eigenvalue weighted by Crippen LogP contribution is 2.41. The van der Waals surface area contributed by atoms with Crippen LogP contribution in [-0.2, 0) is 10.3 Å². The van der Waals surface area contributed by atoms with Gasteiger partial charge < -0.3 is 14.8 Å². The molecule has 30 heavy (non-hydrogen) atoms. The van der Waals surface area contributed by atoms with Crippen molar-refractivity contribution in [2.75, 3.05) is 13.2 Å². The van der Waals surface area contributed by atoms with Crippen molar-refractivity contribution in [2.45, 2.75) is 31.0 Å². The van der Waals surface area contributed by atoms with Gasteiger partial charge in [-0.15, -0.1) is 0 Å². The van der Waals surface area contributed by atoms with Crippen LogP contribution in [0.2, 0.25) is 0 Å². The molecule has 3 aromatic carbocycles. The van der Waals surface area contributed by atoms with Gasteiger partial charge >= 0.3 is 0 Å². The summed E-state index contributed by atoms with van der Waals surface area (Å²) in [5.41, 5.74) is 3.21. The predicted octanol–water partition coefficient (Wildman–Crippen LogP) is 5.19. The highest BCUT2D eigenvalue weighted by molar-refractivity contribution is 5.87. The maximum atomic E-state index is 6.33. The second-order valence-corrected chi connectivity index (χ2v) is 8.06. The molecule has 4 nitrogen and oxygen atoms in total. The summed E-state index contributed by atoms with van der Waals surface area (Å²) in [6, 6.07) is 29.1. The summed E-state index contributed by atoms with van der Waals surface area (Å²) in [5, 5.41) is 3.69. The number of aliphatic imine (C=N–C) groups is 1. The van der Waals surface area contributed by atoms with E-state index in [0.29, 0.717) is 13.2 Å². The minimum Gasteiger partial charge on any atom is -0.493 e. The van der Waals surface area contributed by atoms with Crippen LogP contribution in [-0.4, -0.2) is 19.0 Å². The van der Waals surface area contributed by atoms with Gasteiger partial charge in [0.25, 0.3) is 0 Å². The molecule has 0 aromatic heterocycles. The fourth-order valence-electron chi connectivity index (χ4n) is 4.48. The average Bonchev–Trinajstić information content (AvgIpc) is 3.16. The highest BCUT2D eigenvalue weighted by atomic mass is 16.5. The predicted molar refractivity (Wildman–Crippen MR) is 119 cm³/mol. The Morgan fingerprint density at radius 3 is 2.47 bits per heavy atom. The van der Waals surface area contributed by atoms with Gasteiger partial charge in [0.15, 0.2) is 0 Å². The molecule has 0 bridgehead atoms. The molecule has 0 amide bonds. The summed E-state index contributed by atoms with van der Waals surface area (Å²) in [6.45, 7) is 3.35. The molecular formula is C26H26N2O2. The Morgan fingerprint density at radius 2 is 1.67 bits per heavy atom. The molecule has 0 radical (unpaired) electrons. The largest absolute Gasteiger partial charge is 0.493 e. The molecular weight excluding hydrogens is 372 g/mol. The minimum atomic E-state index is -0.325.